The van der Waals surface area contributed by atoms with Gasteiger partial charge in [-0.2, -0.15) is 0 Å². The molecule has 8 nitrogen and oxygen atoms in total. The summed E-state index contributed by atoms with van der Waals surface area (Å²) in [6.07, 6.45) is 5.37. The van der Waals surface area contributed by atoms with Crippen LogP contribution in [0.4, 0.5) is 4.79 Å². The number of carbonyl (C=O) groups excluding carboxylic acids is 3. The van der Waals surface area contributed by atoms with Crippen molar-refractivity contribution < 1.29 is 19.1 Å². The van der Waals surface area contributed by atoms with Gasteiger partial charge < -0.3 is 15.8 Å². The minimum atomic E-state index is -0.580. The summed E-state index contributed by atoms with van der Waals surface area (Å²) in [7, 11) is 0. The quantitative estimate of drug-likeness (QED) is 0.775. The highest BCUT2D eigenvalue weighted by Crippen LogP contribution is 2.29. The summed E-state index contributed by atoms with van der Waals surface area (Å²) in [6, 6.07) is 2.73. The normalized spacial score (nSPS) is 26.5. The Morgan fingerprint density at radius 2 is 2.07 bits per heavy atom. The van der Waals surface area contributed by atoms with E-state index in [9.17, 15) is 14.4 Å². The number of pyridine rings is 1. The molecule has 3 N–H and O–H groups in total. The third-order valence-corrected chi connectivity index (χ3v) is 5.85. The van der Waals surface area contributed by atoms with Gasteiger partial charge in [-0.05, 0) is 43.7 Å². The van der Waals surface area contributed by atoms with Crippen LogP contribution in [-0.4, -0.2) is 45.9 Å². The second kappa shape index (κ2) is 8.58. The lowest BCUT2D eigenvalue weighted by Crippen LogP contribution is -2.60. The van der Waals surface area contributed by atoms with Gasteiger partial charge in [-0.15, -0.1) is 0 Å². The summed E-state index contributed by atoms with van der Waals surface area (Å²) in [6.45, 7) is 4.11. The molecule has 2 aliphatic rings. The smallest absolute Gasteiger partial charge is 0.324 e. The number of nitrogens with zero attached hydrogens (tertiary/aromatic N) is 2. The van der Waals surface area contributed by atoms with Crippen molar-refractivity contribution in [1.29, 1.82) is 0 Å². The van der Waals surface area contributed by atoms with E-state index < -0.39 is 5.91 Å². The van der Waals surface area contributed by atoms with Crippen molar-refractivity contribution in [2.45, 2.75) is 70.6 Å². The molecule has 3 rings (SSSR count). The molecular formula is C20H28N4O4. The number of aromatic nitrogens is 1. The Morgan fingerprint density at radius 1 is 1.36 bits per heavy atom. The van der Waals surface area contributed by atoms with Crippen LogP contribution in [0.3, 0.4) is 0 Å². The molecule has 1 aliphatic heterocycles. The number of nitrogens with one attached hydrogen (secondary N) is 1. The van der Waals surface area contributed by atoms with Gasteiger partial charge in [-0.25, -0.2) is 9.78 Å². The topological polar surface area (TPSA) is 115 Å². The molecule has 0 radical (unpaired) electrons. The molecule has 2 atom stereocenters. The number of urea groups is 1. The molecule has 8 heteroatoms. The highest BCUT2D eigenvalue weighted by Gasteiger charge is 2.39. The Morgan fingerprint density at radius 3 is 2.68 bits per heavy atom. The van der Waals surface area contributed by atoms with E-state index in [1.54, 1.807) is 18.3 Å². The predicted octanol–water partition coefficient (Wildman–Crippen LogP) is 2.23. The fourth-order valence-corrected chi connectivity index (χ4v) is 3.93. The highest BCUT2D eigenvalue weighted by molar-refractivity contribution is 5.97. The average molecular weight is 388 g/mol. The molecule has 4 amide bonds. The largest absolute Gasteiger partial charge is 0.474 e. The number of ether oxygens (including phenoxy) is 1. The molecular weight excluding hydrogens is 360 g/mol. The predicted molar refractivity (Wildman–Crippen MR) is 103 cm³/mol. The molecule has 1 aliphatic carbocycles. The number of primary amides is 1. The molecule has 1 aromatic rings. The average Bonchev–Trinajstić information content (AvgIpc) is 2.68. The molecule has 0 bridgehead atoms. The van der Waals surface area contributed by atoms with Crippen LogP contribution in [0, 0.1) is 5.92 Å². The number of carbonyl (C=O) groups is 3. The van der Waals surface area contributed by atoms with Crippen LogP contribution in [0.15, 0.2) is 18.3 Å². The fraction of sp³-hybridized carbons (Fsp3) is 0.600. The van der Waals surface area contributed by atoms with Crippen molar-refractivity contribution >= 4 is 17.8 Å². The van der Waals surface area contributed by atoms with E-state index in [0.717, 1.165) is 6.42 Å². The zero-order chi connectivity index (χ0) is 20.3. The number of hydrogen-bond donors (Lipinski definition) is 2. The monoisotopic (exact) mass is 388 g/mol. The van der Waals surface area contributed by atoms with E-state index in [2.05, 4.69) is 17.2 Å². The summed E-state index contributed by atoms with van der Waals surface area (Å²) < 4.78 is 5.88. The third kappa shape index (κ3) is 4.26. The fourth-order valence-electron chi connectivity index (χ4n) is 3.93. The van der Waals surface area contributed by atoms with Crippen LogP contribution in [-0.2, 0) is 4.79 Å². The van der Waals surface area contributed by atoms with Gasteiger partial charge in [0, 0.05) is 24.7 Å². The first kappa shape index (κ1) is 20.1. The lowest BCUT2D eigenvalue weighted by molar-refractivity contribution is -0.133. The maximum Gasteiger partial charge on any atom is 0.324 e. The van der Waals surface area contributed by atoms with Gasteiger partial charge in [-0.3, -0.25) is 14.5 Å². The molecule has 1 aromatic heterocycles. The van der Waals surface area contributed by atoms with Crippen LogP contribution in [0.25, 0.3) is 0 Å². The highest BCUT2D eigenvalue weighted by atomic mass is 16.5. The Kier molecular flexibility index (Phi) is 6.16. The second-order valence-corrected chi connectivity index (χ2v) is 7.68. The van der Waals surface area contributed by atoms with E-state index in [-0.39, 0.29) is 47.5 Å². The molecule has 0 aromatic carbocycles. The number of nitrogens with two attached hydrogens (primary N) is 1. The first-order valence-electron chi connectivity index (χ1n) is 9.94. The molecule has 0 spiro atoms. The van der Waals surface area contributed by atoms with Gasteiger partial charge in [-0.1, -0.05) is 20.3 Å². The van der Waals surface area contributed by atoms with Crippen LogP contribution >= 0.6 is 0 Å². The summed E-state index contributed by atoms with van der Waals surface area (Å²) >= 11 is 0. The summed E-state index contributed by atoms with van der Waals surface area (Å²) in [5.41, 5.74) is 5.62. The lowest BCUT2D eigenvalue weighted by atomic mass is 9.89. The molecule has 28 heavy (non-hydrogen) atoms. The van der Waals surface area contributed by atoms with E-state index in [4.69, 9.17) is 10.5 Å². The molecule has 0 unspecified atom stereocenters. The Labute approximate surface area is 164 Å². The first-order valence-corrected chi connectivity index (χ1v) is 9.94. The van der Waals surface area contributed by atoms with Crippen molar-refractivity contribution in [1.82, 2.24) is 15.2 Å². The number of hydrogen-bond acceptors (Lipinski definition) is 5. The maximum absolute atomic E-state index is 12.6. The Hall–Kier alpha value is -2.64. The van der Waals surface area contributed by atoms with Gasteiger partial charge in [0.05, 0.1) is 0 Å². The van der Waals surface area contributed by atoms with Gasteiger partial charge in [0.1, 0.15) is 11.7 Å². The minimum absolute atomic E-state index is 0.0858. The number of imide groups is 1. The summed E-state index contributed by atoms with van der Waals surface area (Å²) in [5.74, 6) is -0.166. The van der Waals surface area contributed by atoms with Crippen molar-refractivity contribution in [3.05, 3.63) is 23.9 Å². The van der Waals surface area contributed by atoms with Gasteiger partial charge in [0.2, 0.25) is 11.8 Å². The number of amides is 4. The van der Waals surface area contributed by atoms with Gasteiger partial charge in [0.25, 0.3) is 5.91 Å². The van der Waals surface area contributed by atoms with E-state index in [0.29, 0.717) is 32.1 Å². The standard InChI is InChI=1S/C20H28N4O4/c1-3-12(2)16-11-17(25)24(20(27)23-16)13-6-8-14(9-7-13)28-19-15(18(21)26)5-4-10-22-19/h4-5,10,12-14,16H,3,6-9,11H2,1-2H3,(H2,21,26)(H,23,27)/t12-,13?,14?,16+/m0/s1. The van der Waals surface area contributed by atoms with Gasteiger partial charge >= 0.3 is 6.03 Å². The summed E-state index contributed by atoms with van der Waals surface area (Å²) in [4.78, 5) is 42.1. The van der Waals surface area contributed by atoms with E-state index >= 15 is 0 Å². The lowest BCUT2D eigenvalue weighted by Gasteiger charge is -2.40. The van der Waals surface area contributed by atoms with Crippen molar-refractivity contribution in [2.75, 3.05) is 0 Å². The first-order chi connectivity index (χ1) is 13.4. The number of rotatable bonds is 6. The maximum atomic E-state index is 12.6. The third-order valence-electron chi connectivity index (χ3n) is 5.85. The zero-order valence-corrected chi connectivity index (χ0v) is 16.4. The molecule has 152 valence electrons. The van der Waals surface area contributed by atoms with Crippen molar-refractivity contribution in [3.8, 4) is 5.88 Å². The van der Waals surface area contributed by atoms with Crippen LogP contribution in [0.5, 0.6) is 5.88 Å². The Bertz CT molecular complexity index is 727. The Balaban J connectivity index is 1.58. The zero-order valence-electron chi connectivity index (χ0n) is 16.4. The van der Waals surface area contributed by atoms with Crippen LogP contribution < -0.4 is 15.8 Å². The molecule has 2 fully saturated rings. The van der Waals surface area contributed by atoms with Crippen LogP contribution in [0.2, 0.25) is 0 Å². The minimum Gasteiger partial charge on any atom is -0.474 e. The summed E-state index contributed by atoms with van der Waals surface area (Å²) in [5, 5.41) is 2.99. The van der Waals surface area contributed by atoms with E-state index in [1.165, 1.54) is 4.90 Å². The van der Waals surface area contributed by atoms with Crippen LogP contribution in [0.1, 0.15) is 62.7 Å². The van der Waals surface area contributed by atoms with Gasteiger partial charge in [0.15, 0.2) is 0 Å². The van der Waals surface area contributed by atoms with E-state index in [1.807, 2.05) is 6.92 Å². The SMILES string of the molecule is CC[C@H](C)[C@H]1CC(=O)N(C2CCC(Oc3ncccc3C(N)=O)CC2)C(=O)N1. The molecule has 2 heterocycles. The van der Waals surface area contributed by atoms with Crippen molar-refractivity contribution in [3.63, 3.8) is 0 Å². The molecule has 1 saturated carbocycles. The molecule has 1 saturated heterocycles. The second-order valence-electron chi connectivity index (χ2n) is 7.68. The van der Waals surface area contributed by atoms with Crippen molar-refractivity contribution in [2.24, 2.45) is 11.7 Å².